The molecule has 0 saturated heterocycles. The topological polar surface area (TPSA) is 103 Å². The molecule has 0 N–H and O–H groups in total. The fraction of sp³-hybridized carbons (Fsp3) is 0.172. The van der Waals surface area contributed by atoms with Gasteiger partial charge in [0.1, 0.15) is 12.1 Å². The summed E-state index contributed by atoms with van der Waals surface area (Å²) in [6.45, 7) is 1.80. The molecule has 1 aliphatic rings. The quantitative estimate of drug-likeness (QED) is 0.261. The molecule has 0 spiro atoms. The van der Waals surface area contributed by atoms with E-state index in [1.54, 1.807) is 29.7 Å². The Kier molecular flexibility index (Phi) is 8.30. The van der Waals surface area contributed by atoms with Gasteiger partial charge in [0, 0.05) is 10.4 Å². The monoisotopic (exact) mass is 635 g/mol. The smallest absolute Gasteiger partial charge is 0.338 e. The van der Waals surface area contributed by atoms with Crippen molar-refractivity contribution in [2.24, 2.45) is 4.99 Å². The number of esters is 1. The minimum Gasteiger partial charge on any atom is -0.493 e. The second-order valence-electron chi connectivity index (χ2n) is 8.43. The lowest BCUT2D eigenvalue weighted by Gasteiger charge is -2.24. The third-order valence-corrected chi connectivity index (χ3v) is 8.51. The number of fused-ring (bicyclic) bond motifs is 1. The highest BCUT2D eigenvalue weighted by Gasteiger charge is 2.35. The van der Waals surface area contributed by atoms with E-state index in [0.717, 1.165) is 10.4 Å². The number of carbonyl (C=O) groups excluding carboxylic acids is 1. The zero-order valence-corrected chi connectivity index (χ0v) is 24.6. The van der Waals surface area contributed by atoms with Gasteiger partial charge in [-0.2, -0.15) is 5.26 Å². The van der Waals surface area contributed by atoms with E-state index < -0.39 is 12.0 Å². The summed E-state index contributed by atoms with van der Waals surface area (Å²) in [5.74, 6) is 0.294. The fourth-order valence-corrected chi connectivity index (χ4v) is 6.77. The summed E-state index contributed by atoms with van der Waals surface area (Å²) in [5, 5.41) is 10.8. The normalized spacial score (nSPS) is 14.8. The molecule has 5 rings (SSSR count). The molecule has 2 aromatic carbocycles. The van der Waals surface area contributed by atoms with E-state index in [-0.39, 0.29) is 18.8 Å². The summed E-state index contributed by atoms with van der Waals surface area (Å²) in [6.07, 6.45) is 1.74. The zero-order valence-electron chi connectivity index (χ0n) is 21.4. The van der Waals surface area contributed by atoms with Gasteiger partial charge in [-0.05, 0) is 58.1 Å². The first-order chi connectivity index (χ1) is 19.5. The Balaban J connectivity index is 1.74. The van der Waals surface area contributed by atoms with Crippen LogP contribution in [0.5, 0.6) is 11.5 Å². The van der Waals surface area contributed by atoms with E-state index >= 15 is 0 Å². The van der Waals surface area contributed by atoms with Gasteiger partial charge in [0.2, 0.25) is 0 Å². The standard InChI is InChI=1S/C29H22BrN3O5S2/c1-3-37-28(35)23-24(18-8-5-4-6-9-18)32-29-33(25(23)21-10-7-13-39-21)27(34)22(40-29)16-17-14-19(30)26(38-12-11-31)20(15-17)36-2/h4-10,13-16,25H,3,12H2,1-2H3/b22-16-/t25-/m1/s1. The van der Waals surface area contributed by atoms with Crippen molar-refractivity contribution >= 4 is 56.3 Å². The SMILES string of the molecule is CCOC(=O)C1=C(c2ccccc2)N=c2s/c(=C\c3cc(Br)c(OCC#N)c(OC)c3)c(=O)n2[C@@H]1c1cccs1. The van der Waals surface area contributed by atoms with E-state index in [1.807, 2.05) is 53.9 Å². The van der Waals surface area contributed by atoms with E-state index in [0.29, 0.717) is 42.1 Å². The number of rotatable bonds is 8. The van der Waals surface area contributed by atoms with E-state index in [9.17, 15) is 9.59 Å². The summed E-state index contributed by atoms with van der Waals surface area (Å²) in [7, 11) is 1.50. The average Bonchev–Trinajstić information content (AvgIpc) is 3.60. The van der Waals surface area contributed by atoms with Crippen molar-refractivity contribution in [3.8, 4) is 17.6 Å². The van der Waals surface area contributed by atoms with Crippen LogP contribution in [0.1, 0.15) is 29.0 Å². The van der Waals surface area contributed by atoms with Gasteiger partial charge in [0.05, 0.1) is 34.0 Å². The Labute approximate surface area is 245 Å². The van der Waals surface area contributed by atoms with Gasteiger partial charge in [0.15, 0.2) is 22.9 Å². The highest BCUT2D eigenvalue weighted by atomic mass is 79.9. The second-order valence-corrected chi connectivity index (χ2v) is 11.3. The molecule has 0 radical (unpaired) electrons. The van der Waals surface area contributed by atoms with Gasteiger partial charge < -0.3 is 14.2 Å². The van der Waals surface area contributed by atoms with Gasteiger partial charge in [-0.25, -0.2) is 9.79 Å². The number of aromatic nitrogens is 1. The van der Waals surface area contributed by atoms with Crippen molar-refractivity contribution in [3.05, 3.63) is 106 Å². The maximum Gasteiger partial charge on any atom is 0.338 e. The molecule has 0 unspecified atom stereocenters. The van der Waals surface area contributed by atoms with Gasteiger partial charge >= 0.3 is 5.97 Å². The summed E-state index contributed by atoms with van der Waals surface area (Å²) >= 11 is 6.17. The minimum atomic E-state index is -0.698. The highest BCUT2D eigenvalue weighted by molar-refractivity contribution is 9.10. The number of methoxy groups -OCH3 is 1. The lowest BCUT2D eigenvalue weighted by molar-refractivity contribution is -0.138. The summed E-state index contributed by atoms with van der Waals surface area (Å²) in [6, 6.07) is 18.0. The molecule has 3 heterocycles. The molecule has 11 heteroatoms. The van der Waals surface area contributed by atoms with Crippen molar-refractivity contribution in [1.82, 2.24) is 4.57 Å². The molecule has 1 aliphatic heterocycles. The van der Waals surface area contributed by atoms with Crippen molar-refractivity contribution in [2.45, 2.75) is 13.0 Å². The number of halogens is 1. The summed E-state index contributed by atoms with van der Waals surface area (Å²) in [5.41, 5.74) is 1.95. The number of ether oxygens (including phenoxy) is 3. The number of hydrogen-bond donors (Lipinski definition) is 0. The molecule has 1 atom stereocenters. The molecule has 0 bridgehead atoms. The Bertz CT molecular complexity index is 1820. The van der Waals surface area contributed by atoms with Crippen molar-refractivity contribution < 1.29 is 19.0 Å². The van der Waals surface area contributed by atoms with Crippen molar-refractivity contribution in [2.75, 3.05) is 20.3 Å². The van der Waals surface area contributed by atoms with Gasteiger partial charge in [-0.1, -0.05) is 47.7 Å². The average molecular weight is 637 g/mol. The molecule has 4 aromatic rings. The number of nitrogens with zero attached hydrogens (tertiary/aromatic N) is 3. The van der Waals surface area contributed by atoms with Gasteiger partial charge in [-0.3, -0.25) is 9.36 Å². The molecule has 202 valence electrons. The van der Waals surface area contributed by atoms with Crippen molar-refractivity contribution in [1.29, 1.82) is 5.26 Å². The lowest BCUT2D eigenvalue weighted by Crippen LogP contribution is -2.39. The summed E-state index contributed by atoms with van der Waals surface area (Å²) < 4.78 is 19.0. The molecule has 0 aliphatic carbocycles. The Hall–Kier alpha value is -3.98. The second kappa shape index (κ2) is 12.0. The third kappa shape index (κ3) is 5.25. The first-order valence-electron chi connectivity index (χ1n) is 12.2. The van der Waals surface area contributed by atoms with Crippen LogP contribution in [0.3, 0.4) is 0 Å². The van der Waals surface area contributed by atoms with Gasteiger partial charge in [0.25, 0.3) is 5.56 Å². The molecule has 8 nitrogen and oxygen atoms in total. The highest BCUT2D eigenvalue weighted by Crippen LogP contribution is 2.38. The Morgan fingerprint density at radius 1 is 1.23 bits per heavy atom. The molecule has 2 aromatic heterocycles. The summed E-state index contributed by atoms with van der Waals surface area (Å²) in [4.78, 5) is 33.5. The Morgan fingerprint density at radius 3 is 2.70 bits per heavy atom. The van der Waals surface area contributed by atoms with Crippen LogP contribution < -0.4 is 24.4 Å². The third-order valence-electron chi connectivity index (χ3n) is 6.02. The van der Waals surface area contributed by atoms with Crippen LogP contribution in [-0.2, 0) is 9.53 Å². The number of benzene rings is 2. The number of hydrogen-bond acceptors (Lipinski definition) is 9. The van der Waals surface area contributed by atoms with Crippen LogP contribution in [0.2, 0.25) is 0 Å². The first-order valence-corrected chi connectivity index (χ1v) is 14.6. The molecule has 40 heavy (non-hydrogen) atoms. The largest absolute Gasteiger partial charge is 0.493 e. The van der Waals surface area contributed by atoms with E-state index in [1.165, 1.54) is 29.8 Å². The van der Waals surface area contributed by atoms with Crippen LogP contribution in [0.4, 0.5) is 0 Å². The number of thiazole rings is 1. The van der Waals surface area contributed by atoms with Crippen LogP contribution >= 0.6 is 38.6 Å². The molecular weight excluding hydrogens is 614 g/mol. The van der Waals surface area contributed by atoms with Gasteiger partial charge in [-0.15, -0.1) is 11.3 Å². The maximum absolute atomic E-state index is 13.9. The zero-order chi connectivity index (χ0) is 28.2. The van der Waals surface area contributed by atoms with Crippen LogP contribution in [0.15, 0.2) is 79.8 Å². The fourth-order valence-electron chi connectivity index (χ4n) is 4.38. The van der Waals surface area contributed by atoms with Crippen LogP contribution in [0.25, 0.3) is 11.8 Å². The predicted molar refractivity (Wildman–Crippen MR) is 157 cm³/mol. The first kappa shape index (κ1) is 27.6. The predicted octanol–water partition coefficient (Wildman–Crippen LogP) is 4.67. The van der Waals surface area contributed by atoms with Crippen LogP contribution in [-0.4, -0.2) is 30.9 Å². The van der Waals surface area contributed by atoms with E-state index in [2.05, 4.69) is 15.9 Å². The lowest BCUT2D eigenvalue weighted by atomic mass is 9.97. The molecule has 0 fully saturated rings. The number of thiophene rings is 1. The molecular formula is C29H22BrN3O5S2. The Morgan fingerprint density at radius 2 is 2.02 bits per heavy atom. The molecule has 0 amide bonds. The van der Waals surface area contributed by atoms with Crippen molar-refractivity contribution in [3.63, 3.8) is 0 Å². The number of nitriles is 1. The minimum absolute atomic E-state index is 0.137. The molecule has 0 saturated carbocycles. The van der Waals surface area contributed by atoms with E-state index in [4.69, 9.17) is 24.5 Å². The maximum atomic E-state index is 13.9. The van der Waals surface area contributed by atoms with Crippen LogP contribution in [0, 0.1) is 11.3 Å². The number of carbonyl (C=O) groups is 1.